The molecule has 0 bridgehead atoms. The number of carbonyl (C=O) groups is 2. The van der Waals surface area contributed by atoms with Gasteiger partial charge in [-0.2, -0.15) is 5.10 Å². The Balaban J connectivity index is 0.00000189. The molecule has 1 saturated heterocycles. The largest absolute Gasteiger partial charge is 0.324 e. The summed E-state index contributed by atoms with van der Waals surface area (Å²) < 4.78 is 1.78. The van der Waals surface area contributed by atoms with E-state index in [-0.39, 0.29) is 23.3 Å². The van der Waals surface area contributed by atoms with Crippen LogP contribution in [0.3, 0.4) is 0 Å². The molecular weight excluding hydrogens is 512 g/mol. The molecule has 3 heterocycles. The quantitative estimate of drug-likeness (QED) is 0.292. The van der Waals surface area contributed by atoms with Crippen LogP contribution in [0.15, 0.2) is 49.4 Å². The van der Waals surface area contributed by atoms with Crippen LogP contribution in [0.25, 0.3) is 16.7 Å². The Morgan fingerprint density at radius 2 is 1.85 bits per heavy atom. The molecule has 1 aliphatic heterocycles. The molecule has 1 aromatic carbocycles. The molecule has 2 aliphatic rings. The molecule has 2 fully saturated rings. The van der Waals surface area contributed by atoms with Crippen molar-refractivity contribution in [2.75, 3.05) is 23.7 Å². The van der Waals surface area contributed by atoms with E-state index >= 15 is 0 Å². The van der Waals surface area contributed by atoms with Crippen molar-refractivity contribution in [3.8, 4) is 11.1 Å². The monoisotopic (exact) mass is 556 g/mol. The third kappa shape index (κ3) is 6.43. The fourth-order valence-corrected chi connectivity index (χ4v) is 5.62. The van der Waals surface area contributed by atoms with Crippen molar-refractivity contribution in [1.29, 1.82) is 0 Å². The van der Waals surface area contributed by atoms with Gasteiger partial charge >= 0.3 is 0 Å². The van der Waals surface area contributed by atoms with E-state index in [9.17, 15) is 9.59 Å². The van der Waals surface area contributed by atoms with Crippen LogP contribution >= 0.6 is 0 Å². The van der Waals surface area contributed by atoms with Crippen LogP contribution in [0.2, 0.25) is 0 Å². The Morgan fingerprint density at radius 3 is 2.44 bits per heavy atom. The highest BCUT2D eigenvalue weighted by Gasteiger charge is 2.49. The van der Waals surface area contributed by atoms with E-state index in [4.69, 9.17) is 0 Å². The number of benzene rings is 1. The highest BCUT2D eigenvalue weighted by Crippen LogP contribution is 2.46. The molecule has 3 aromatic rings. The smallest absolute Gasteiger partial charge is 0.255 e. The van der Waals surface area contributed by atoms with Crippen LogP contribution in [0.4, 0.5) is 11.4 Å². The molecule has 1 aliphatic carbocycles. The van der Waals surface area contributed by atoms with Gasteiger partial charge in [0.2, 0.25) is 5.91 Å². The van der Waals surface area contributed by atoms with Crippen LogP contribution < -0.4 is 10.6 Å². The van der Waals surface area contributed by atoms with Crippen molar-refractivity contribution in [2.45, 2.75) is 78.2 Å². The van der Waals surface area contributed by atoms with Crippen molar-refractivity contribution in [3.05, 3.63) is 66.3 Å². The molecule has 41 heavy (non-hydrogen) atoms. The van der Waals surface area contributed by atoms with E-state index in [1.54, 1.807) is 16.9 Å². The number of aromatic nitrogens is 3. The number of likely N-dealkylation sites (tertiary alicyclic amines) is 1. The number of nitrogens with zero attached hydrogens (tertiary/aromatic N) is 4. The van der Waals surface area contributed by atoms with Gasteiger partial charge in [-0.1, -0.05) is 52.5 Å². The fraction of sp³-hybridized carbons (Fsp3) is 0.455. The zero-order chi connectivity index (χ0) is 29.7. The van der Waals surface area contributed by atoms with Gasteiger partial charge in [-0.25, -0.2) is 0 Å². The predicted octanol–water partition coefficient (Wildman–Crippen LogP) is 6.55. The van der Waals surface area contributed by atoms with Crippen LogP contribution in [0.5, 0.6) is 0 Å². The molecule has 1 saturated carbocycles. The Labute approximate surface area is 244 Å². The summed E-state index contributed by atoms with van der Waals surface area (Å²) >= 11 is 0. The highest BCUT2D eigenvalue weighted by molar-refractivity contribution is 6.25. The first kappa shape index (κ1) is 30.2. The van der Waals surface area contributed by atoms with E-state index < -0.39 is 0 Å². The fourth-order valence-electron chi connectivity index (χ4n) is 5.62. The van der Waals surface area contributed by atoms with Gasteiger partial charge < -0.3 is 10.6 Å². The summed E-state index contributed by atoms with van der Waals surface area (Å²) in [4.78, 5) is 32.8. The van der Waals surface area contributed by atoms with Crippen molar-refractivity contribution in [1.82, 2.24) is 19.7 Å². The normalized spacial score (nSPS) is 16.0. The summed E-state index contributed by atoms with van der Waals surface area (Å²) in [5.74, 6) is -0.108. The first-order valence-electron chi connectivity index (χ1n) is 14.8. The molecule has 2 N–H and O–H groups in total. The molecule has 2 amide bonds. The van der Waals surface area contributed by atoms with E-state index in [2.05, 4.69) is 52.1 Å². The van der Waals surface area contributed by atoms with Crippen molar-refractivity contribution in [3.63, 3.8) is 0 Å². The predicted molar refractivity (Wildman–Crippen MR) is 167 cm³/mol. The maximum absolute atomic E-state index is 13.4. The molecule has 1 spiro atoms. The third-order valence-corrected chi connectivity index (χ3v) is 8.59. The minimum atomic E-state index is -0.297. The lowest BCUT2D eigenvalue weighted by atomic mass is 9.68. The summed E-state index contributed by atoms with van der Waals surface area (Å²) in [5, 5.41) is 10.2. The maximum atomic E-state index is 13.4. The van der Waals surface area contributed by atoms with Crippen molar-refractivity contribution >= 4 is 28.8 Å². The van der Waals surface area contributed by atoms with E-state index in [1.165, 1.54) is 25.7 Å². The van der Waals surface area contributed by atoms with Crippen molar-refractivity contribution < 1.29 is 9.59 Å². The van der Waals surface area contributed by atoms with Gasteiger partial charge in [0.25, 0.3) is 5.91 Å². The first-order valence-corrected chi connectivity index (χ1v) is 14.8. The van der Waals surface area contributed by atoms with Crippen LogP contribution in [-0.4, -0.2) is 50.1 Å². The Morgan fingerprint density at radius 1 is 1.10 bits per heavy atom. The van der Waals surface area contributed by atoms with Gasteiger partial charge in [0, 0.05) is 36.5 Å². The molecule has 1 unspecified atom stereocenters. The Kier molecular flexibility index (Phi) is 9.43. The number of pyridine rings is 1. The summed E-state index contributed by atoms with van der Waals surface area (Å²) in [6, 6.07) is 7.87. The number of aryl methyl sites for hydroxylation is 2. The molecule has 0 radical (unpaired) electrons. The van der Waals surface area contributed by atoms with E-state index in [0.29, 0.717) is 29.2 Å². The molecule has 8 nitrogen and oxygen atoms in total. The topological polar surface area (TPSA) is 92.2 Å². The minimum absolute atomic E-state index is 0.0554. The molecule has 8 heteroatoms. The van der Waals surface area contributed by atoms with Gasteiger partial charge in [0.1, 0.15) is 0 Å². The summed E-state index contributed by atoms with van der Waals surface area (Å²) in [5.41, 5.74) is 6.42. The van der Waals surface area contributed by atoms with Gasteiger partial charge in [-0.15, -0.1) is 0 Å². The van der Waals surface area contributed by atoms with Crippen LogP contribution in [0.1, 0.15) is 82.5 Å². The minimum Gasteiger partial charge on any atom is -0.324 e. The number of rotatable bonds is 9. The highest BCUT2D eigenvalue weighted by atomic mass is 16.2. The average Bonchev–Trinajstić information content (AvgIpc) is 3.38. The molecule has 218 valence electrons. The summed E-state index contributed by atoms with van der Waals surface area (Å²) in [6.45, 7) is 15.6. The SMILES string of the molecule is C=C(C(=O)Nc1cc(NC(=O)CN2CCC23CCC3)cnc1C)c1ccc(-c2cnn(C)c2)cc1C(C)CC.CC. The lowest BCUT2D eigenvalue weighted by molar-refractivity contribution is -0.127. The van der Waals surface area contributed by atoms with Gasteiger partial charge in [0.15, 0.2) is 0 Å². The molecule has 5 rings (SSSR count). The second-order valence-corrected chi connectivity index (χ2v) is 11.1. The summed E-state index contributed by atoms with van der Waals surface area (Å²) in [6.07, 6.45) is 11.2. The zero-order valence-electron chi connectivity index (χ0n) is 25.4. The second-order valence-electron chi connectivity index (χ2n) is 11.1. The lowest BCUT2D eigenvalue weighted by Crippen LogP contribution is -2.65. The first-order chi connectivity index (χ1) is 19.7. The number of nitrogens with one attached hydrogen (secondary N) is 2. The van der Waals surface area contributed by atoms with Crippen molar-refractivity contribution in [2.24, 2.45) is 7.05 Å². The summed E-state index contributed by atoms with van der Waals surface area (Å²) in [7, 11) is 1.90. The van der Waals surface area contributed by atoms with Gasteiger partial charge in [-0.3, -0.25) is 24.2 Å². The van der Waals surface area contributed by atoms with Crippen LogP contribution in [0, 0.1) is 6.92 Å². The van der Waals surface area contributed by atoms with Gasteiger partial charge in [0.05, 0.1) is 36.0 Å². The maximum Gasteiger partial charge on any atom is 0.255 e. The number of hydrogen-bond donors (Lipinski definition) is 2. The Bertz CT molecular complexity index is 1420. The van der Waals surface area contributed by atoms with E-state index in [0.717, 1.165) is 35.2 Å². The lowest BCUT2D eigenvalue weighted by Gasteiger charge is -2.58. The van der Waals surface area contributed by atoms with E-state index in [1.807, 2.05) is 52.3 Å². The molecule has 2 aromatic heterocycles. The van der Waals surface area contributed by atoms with Gasteiger partial charge in [-0.05, 0) is 67.7 Å². The molecular formula is C33H44N6O2. The number of carbonyl (C=O) groups excluding carboxylic acids is 2. The number of hydrogen-bond acceptors (Lipinski definition) is 5. The Hall–Kier alpha value is -3.78. The third-order valence-electron chi connectivity index (χ3n) is 8.59. The van der Waals surface area contributed by atoms with Crippen LogP contribution in [-0.2, 0) is 16.6 Å². The number of amides is 2. The number of anilines is 2. The zero-order valence-corrected chi connectivity index (χ0v) is 25.4. The average molecular weight is 557 g/mol. The molecule has 1 atom stereocenters. The standard InChI is InChI=1S/C31H38N6O2.C2H6/c1-6-20(2)27-14-23(24-16-33-36(5)18-24)8-9-26(27)21(3)30(39)35-28-15-25(17-32-22(28)4)34-29(38)19-37-13-12-31(37)10-7-11-31;1-2/h8-9,14-18,20H,3,6-7,10-13,19H2,1-2,4-5H3,(H,34,38)(H,35,39);1-2H3. The second kappa shape index (κ2) is 12.8.